The third kappa shape index (κ3) is 3.67. The number of nitrogen functional groups attached to an aromatic ring is 1. The lowest BCUT2D eigenvalue weighted by Crippen LogP contribution is -2.36. The SMILES string of the molecule is Nc1cc(Nc2ccccc2O)nc(C(=O)NC2Cc3ccccc3C2)n1. The molecule has 1 heterocycles. The molecule has 1 aliphatic carbocycles. The van der Waals surface area contributed by atoms with Crippen LogP contribution in [0.5, 0.6) is 5.75 Å². The fourth-order valence-corrected chi connectivity index (χ4v) is 3.26. The molecular weight excluding hydrogens is 342 g/mol. The maximum absolute atomic E-state index is 12.6. The number of aromatic hydroxyl groups is 1. The van der Waals surface area contributed by atoms with E-state index in [1.54, 1.807) is 24.3 Å². The topological polar surface area (TPSA) is 113 Å². The number of amides is 1. The zero-order valence-corrected chi connectivity index (χ0v) is 14.5. The maximum atomic E-state index is 12.6. The minimum absolute atomic E-state index is 0.00880. The van der Waals surface area contributed by atoms with Crippen LogP contribution in [-0.4, -0.2) is 27.0 Å². The predicted molar refractivity (Wildman–Crippen MR) is 103 cm³/mol. The van der Waals surface area contributed by atoms with Crippen molar-refractivity contribution in [2.24, 2.45) is 0 Å². The number of benzene rings is 2. The molecule has 1 aromatic heterocycles. The van der Waals surface area contributed by atoms with Crippen LogP contribution in [0.3, 0.4) is 0 Å². The van der Waals surface area contributed by atoms with Gasteiger partial charge in [-0.1, -0.05) is 36.4 Å². The number of fused-ring (bicyclic) bond motifs is 1. The Morgan fingerprint density at radius 3 is 2.41 bits per heavy atom. The van der Waals surface area contributed by atoms with E-state index in [1.165, 1.54) is 17.2 Å². The number of anilines is 3. The van der Waals surface area contributed by atoms with Crippen LogP contribution < -0.4 is 16.4 Å². The summed E-state index contributed by atoms with van der Waals surface area (Å²) in [6.45, 7) is 0. The van der Waals surface area contributed by atoms with Crippen LogP contribution in [0, 0.1) is 0 Å². The Bertz CT molecular complexity index is 980. The molecule has 0 unspecified atom stereocenters. The molecule has 5 N–H and O–H groups in total. The average Bonchev–Trinajstić information content (AvgIpc) is 3.05. The van der Waals surface area contributed by atoms with Crippen LogP contribution in [0.2, 0.25) is 0 Å². The van der Waals surface area contributed by atoms with Crippen molar-refractivity contribution in [3.05, 3.63) is 71.5 Å². The van der Waals surface area contributed by atoms with E-state index in [0.29, 0.717) is 11.5 Å². The summed E-state index contributed by atoms with van der Waals surface area (Å²) in [5.41, 5.74) is 8.80. The highest BCUT2D eigenvalue weighted by Gasteiger charge is 2.24. The number of phenolic OH excluding ortho intramolecular Hbond substituents is 1. The summed E-state index contributed by atoms with van der Waals surface area (Å²) in [4.78, 5) is 20.9. The highest BCUT2D eigenvalue weighted by Crippen LogP contribution is 2.26. The van der Waals surface area contributed by atoms with Gasteiger partial charge in [-0.15, -0.1) is 0 Å². The Balaban J connectivity index is 1.50. The van der Waals surface area contributed by atoms with E-state index in [4.69, 9.17) is 5.73 Å². The first-order valence-corrected chi connectivity index (χ1v) is 8.66. The van der Waals surface area contributed by atoms with Crippen LogP contribution >= 0.6 is 0 Å². The largest absolute Gasteiger partial charge is 0.506 e. The number of nitrogens with one attached hydrogen (secondary N) is 2. The van der Waals surface area contributed by atoms with Gasteiger partial charge in [0.2, 0.25) is 5.82 Å². The summed E-state index contributed by atoms with van der Waals surface area (Å²) in [6.07, 6.45) is 1.57. The lowest BCUT2D eigenvalue weighted by atomic mass is 10.1. The number of hydrogen-bond donors (Lipinski definition) is 4. The Labute approximate surface area is 156 Å². The highest BCUT2D eigenvalue weighted by molar-refractivity contribution is 5.91. The van der Waals surface area contributed by atoms with Gasteiger partial charge in [0.15, 0.2) is 0 Å². The van der Waals surface area contributed by atoms with Crippen LogP contribution in [0.15, 0.2) is 54.6 Å². The molecule has 0 atom stereocenters. The maximum Gasteiger partial charge on any atom is 0.289 e. The smallest absolute Gasteiger partial charge is 0.289 e. The van der Waals surface area contributed by atoms with Gasteiger partial charge >= 0.3 is 0 Å². The third-order valence-corrected chi connectivity index (χ3v) is 4.50. The predicted octanol–water partition coefficient (Wildman–Crippen LogP) is 2.41. The van der Waals surface area contributed by atoms with Gasteiger partial charge < -0.3 is 21.5 Å². The van der Waals surface area contributed by atoms with Gasteiger partial charge in [0, 0.05) is 12.1 Å². The molecule has 1 aliphatic rings. The van der Waals surface area contributed by atoms with Gasteiger partial charge in [-0.25, -0.2) is 9.97 Å². The second kappa shape index (κ2) is 6.95. The molecule has 0 saturated carbocycles. The first-order chi connectivity index (χ1) is 13.1. The van der Waals surface area contributed by atoms with Crippen LogP contribution in [0.4, 0.5) is 17.3 Å². The fourth-order valence-electron chi connectivity index (χ4n) is 3.26. The molecule has 4 rings (SSSR count). The van der Waals surface area contributed by atoms with Crippen molar-refractivity contribution in [3.63, 3.8) is 0 Å². The third-order valence-electron chi connectivity index (χ3n) is 4.50. The van der Waals surface area contributed by atoms with Crippen LogP contribution in [0.25, 0.3) is 0 Å². The minimum Gasteiger partial charge on any atom is -0.506 e. The van der Waals surface area contributed by atoms with Crippen LogP contribution in [-0.2, 0) is 12.8 Å². The summed E-state index contributed by atoms with van der Waals surface area (Å²) in [5, 5.41) is 15.8. The van der Waals surface area contributed by atoms with Gasteiger partial charge in [0.05, 0.1) is 5.69 Å². The molecule has 1 amide bonds. The van der Waals surface area contributed by atoms with Gasteiger partial charge in [-0.2, -0.15) is 0 Å². The molecule has 0 aliphatic heterocycles. The molecule has 7 heteroatoms. The number of nitrogens with zero attached hydrogens (tertiary/aromatic N) is 2. The monoisotopic (exact) mass is 361 g/mol. The first kappa shape index (κ1) is 16.8. The zero-order chi connectivity index (χ0) is 18.8. The summed E-state index contributed by atoms with van der Waals surface area (Å²) in [7, 11) is 0. The molecule has 0 bridgehead atoms. The number of rotatable bonds is 4. The van der Waals surface area contributed by atoms with E-state index < -0.39 is 0 Å². The number of carbonyl (C=O) groups excluding carboxylic acids is 1. The van der Waals surface area contributed by atoms with Crippen molar-refractivity contribution in [1.82, 2.24) is 15.3 Å². The van der Waals surface area contributed by atoms with Crippen molar-refractivity contribution in [1.29, 1.82) is 0 Å². The molecule has 136 valence electrons. The molecule has 27 heavy (non-hydrogen) atoms. The Morgan fingerprint density at radius 2 is 1.70 bits per heavy atom. The number of aromatic nitrogens is 2. The van der Waals surface area contributed by atoms with E-state index in [1.807, 2.05) is 12.1 Å². The zero-order valence-electron chi connectivity index (χ0n) is 14.5. The molecule has 0 radical (unpaired) electrons. The van der Waals surface area contributed by atoms with Gasteiger partial charge in [-0.3, -0.25) is 4.79 Å². The Morgan fingerprint density at radius 1 is 1.04 bits per heavy atom. The molecule has 7 nitrogen and oxygen atoms in total. The number of phenols is 1. The molecule has 0 fully saturated rings. The van der Waals surface area contributed by atoms with E-state index in [9.17, 15) is 9.90 Å². The minimum atomic E-state index is -0.375. The lowest BCUT2D eigenvalue weighted by Gasteiger charge is -2.13. The molecule has 0 spiro atoms. The molecule has 0 saturated heterocycles. The Hall–Kier alpha value is -3.61. The van der Waals surface area contributed by atoms with Crippen molar-refractivity contribution >= 4 is 23.2 Å². The van der Waals surface area contributed by atoms with Gasteiger partial charge in [0.1, 0.15) is 17.4 Å². The summed E-state index contributed by atoms with van der Waals surface area (Å²) < 4.78 is 0. The summed E-state index contributed by atoms with van der Waals surface area (Å²) in [5.74, 6) is 0.195. The normalized spacial score (nSPS) is 13.2. The van der Waals surface area contributed by atoms with Gasteiger partial charge in [-0.05, 0) is 36.1 Å². The second-order valence-electron chi connectivity index (χ2n) is 6.49. The van der Waals surface area contributed by atoms with E-state index >= 15 is 0 Å². The molecule has 2 aromatic carbocycles. The van der Waals surface area contributed by atoms with Crippen LogP contribution in [0.1, 0.15) is 21.7 Å². The van der Waals surface area contributed by atoms with Crippen molar-refractivity contribution < 1.29 is 9.90 Å². The number of carbonyl (C=O) groups is 1. The summed E-state index contributed by atoms with van der Waals surface area (Å²) in [6, 6.07) is 16.4. The molecule has 3 aromatic rings. The Kier molecular flexibility index (Phi) is 4.33. The number of hydrogen-bond acceptors (Lipinski definition) is 6. The van der Waals surface area contributed by atoms with Crippen molar-refractivity contribution in [2.45, 2.75) is 18.9 Å². The highest BCUT2D eigenvalue weighted by atomic mass is 16.3. The number of nitrogens with two attached hydrogens (primary N) is 1. The van der Waals surface area contributed by atoms with Crippen molar-refractivity contribution in [3.8, 4) is 5.75 Å². The fraction of sp³-hybridized carbons (Fsp3) is 0.150. The van der Waals surface area contributed by atoms with E-state index in [2.05, 4.69) is 32.7 Å². The lowest BCUT2D eigenvalue weighted by molar-refractivity contribution is 0.0928. The standard InChI is InChI=1S/C20H19N5O2/c21-17-11-18(23-15-7-3-4-8-16(15)26)25-19(24-17)20(27)22-14-9-12-5-1-2-6-13(12)10-14/h1-8,11,14,26H,9-10H2,(H,22,27)(H3,21,23,24,25). The summed E-state index contributed by atoms with van der Waals surface area (Å²) >= 11 is 0. The molecular formula is C20H19N5O2. The average molecular weight is 361 g/mol. The quantitative estimate of drug-likeness (QED) is 0.531. The second-order valence-corrected chi connectivity index (χ2v) is 6.49. The first-order valence-electron chi connectivity index (χ1n) is 8.66. The van der Waals surface area contributed by atoms with Crippen molar-refractivity contribution in [2.75, 3.05) is 11.1 Å². The van der Waals surface area contributed by atoms with Gasteiger partial charge in [0.25, 0.3) is 5.91 Å². The number of para-hydroxylation sites is 2. The van der Waals surface area contributed by atoms with E-state index in [0.717, 1.165) is 12.8 Å². The van der Waals surface area contributed by atoms with E-state index in [-0.39, 0.29) is 29.3 Å².